The van der Waals surface area contributed by atoms with E-state index in [4.69, 9.17) is 23.2 Å². The standard InChI is InChI=1S/C22H21Cl2IN4O3S/c1-14-8-16(15(2)29(14)21-10-17(23)9-18(24)11-21)12-26-27-22(30)13-28(33(3,31)32)20-6-4-19(25)5-7-20/h4-12H,13H2,1-3H3,(H,27,30)/b26-12-. The quantitative estimate of drug-likeness (QED) is 0.232. The van der Waals surface area contributed by atoms with Gasteiger partial charge in [0.2, 0.25) is 10.0 Å². The fraction of sp³-hybridized carbons (Fsp3) is 0.182. The smallest absolute Gasteiger partial charge is 0.260 e. The summed E-state index contributed by atoms with van der Waals surface area (Å²) in [5.74, 6) is -0.564. The molecule has 0 bridgehead atoms. The van der Waals surface area contributed by atoms with Crippen LogP contribution in [-0.2, 0) is 14.8 Å². The van der Waals surface area contributed by atoms with Crippen molar-refractivity contribution in [2.45, 2.75) is 13.8 Å². The Hall–Kier alpha value is -2.08. The van der Waals surface area contributed by atoms with Gasteiger partial charge in [-0.3, -0.25) is 9.10 Å². The number of hydrogen-bond acceptors (Lipinski definition) is 4. The van der Waals surface area contributed by atoms with Crippen LogP contribution in [0.1, 0.15) is 17.0 Å². The molecule has 3 rings (SSSR count). The molecule has 0 saturated carbocycles. The van der Waals surface area contributed by atoms with E-state index in [0.717, 1.165) is 36.8 Å². The van der Waals surface area contributed by atoms with Gasteiger partial charge in [-0.2, -0.15) is 5.10 Å². The summed E-state index contributed by atoms with van der Waals surface area (Å²) in [5, 5.41) is 5.06. The van der Waals surface area contributed by atoms with Crippen LogP contribution in [0, 0.1) is 17.4 Å². The Kier molecular flexibility index (Phi) is 8.09. The molecule has 0 radical (unpaired) electrons. The maximum Gasteiger partial charge on any atom is 0.260 e. The van der Waals surface area contributed by atoms with E-state index in [-0.39, 0.29) is 0 Å². The highest BCUT2D eigenvalue weighted by Gasteiger charge is 2.20. The largest absolute Gasteiger partial charge is 0.318 e. The summed E-state index contributed by atoms with van der Waals surface area (Å²) in [5.41, 5.74) is 6.20. The van der Waals surface area contributed by atoms with Gasteiger partial charge in [0.1, 0.15) is 6.54 Å². The van der Waals surface area contributed by atoms with E-state index in [1.807, 2.05) is 24.5 Å². The van der Waals surface area contributed by atoms with Crippen molar-refractivity contribution < 1.29 is 13.2 Å². The van der Waals surface area contributed by atoms with Gasteiger partial charge in [-0.1, -0.05) is 23.2 Å². The minimum atomic E-state index is -3.66. The lowest BCUT2D eigenvalue weighted by Gasteiger charge is -2.21. The van der Waals surface area contributed by atoms with Crippen LogP contribution in [0.2, 0.25) is 10.0 Å². The van der Waals surface area contributed by atoms with Gasteiger partial charge in [0.15, 0.2) is 0 Å². The van der Waals surface area contributed by atoms with Crippen molar-refractivity contribution in [2.24, 2.45) is 5.10 Å². The van der Waals surface area contributed by atoms with E-state index in [9.17, 15) is 13.2 Å². The minimum Gasteiger partial charge on any atom is -0.318 e. The molecule has 33 heavy (non-hydrogen) atoms. The molecule has 0 saturated heterocycles. The van der Waals surface area contributed by atoms with Crippen LogP contribution in [0.15, 0.2) is 53.6 Å². The van der Waals surface area contributed by atoms with E-state index in [1.165, 1.54) is 6.21 Å². The molecule has 0 fully saturated rings. The number of anilines is 1. The summed E-state index contributed by atoms with van der Waals surface area (Å²) in [4.78, 5) is 12.4. The highest BCUT2D eigenvalue weighted by Crippen LogP contribution is 2.26. The Morgan fingerprint density at radius 2 is 1.73 bits per heavy atom. The molecule has 1 amide bonds. The number of nitrogens with one attached hydrogen (secondary N) is 1. The number of nitrogens with zero attached hydrogens (tertiary/aromatic N) is 3. The van der Waals surface area contributed by atoms with Gasteiger partial charge in [-0.15, -0.1) is 0 Å². The molecule has 0 aliphatic heterocycles. The van der Waals surface area contributed by atoms with Crippen molar-refractivity contribution in [3.05, 3.63) is 79.1 Å². The number of rotatable bonds is 7. The summed E-state index contributed by atoms with van der Waals surface area (Å²) in [6, 6.07) is 14.0. The number of carbonyl (C=O) groups is 1. The number of hydrogen-bond donors (Lipinski definition) is 1. The van der Waals surface area contributed by atoms with Gasteiger partial charge in [-0.05, 0) is 85.0 Å². The lowest BCUT2D eigenvalue weighted by atomic mass is 10.2. The second-order valence-electron chi connectivity index (χ2n) is 7.33. The van der Waals surface area contributed by atoms with E-state index < -0.39 is 22.5 Å². The molecular weight excluding hydrogens is 598 g/mol. The zero-order valence-corrected chi connectivity index (χ0v) is 22.5. The monoisotopic (exact) mass is 618 g/mol. The molecule has 0 unspecified atom stereocenters. The zero-order chi connectivity index (χ0) is 24.3. The Labute approximate surface area is 216 Å². The number of amides is 1. The fourth-order valence-corrected chi connectivity index (χ4v) is 5.06. The summed E-state index contributed by atoms with van der Waals surface area (Å²) < 4.78 is 28.4. The van der Waals surface area contributed by atoms with Gasteiger partial charge in [0.05, 0.1) is 18.2 Å². The zero-order valence-electron chi connectivity index (χ0n) is 18.0. The topological polar surface area (TPSA) is 83.8 Å². The summed E-state index contributed by atoms with van der Waals surface area (Å²) in [7, 11) is -3.66. The Bertz CT molecular complexity index is 1300. The second-order valence-corrected chi connectivity index (χ2v) is 11.4. The predicted molar refractivity (Wildman–Crippen MR) is 142 cm³/mol. The van der Waals surface area contributed by atoms with Crippen LogP contribution < -0.4 is 9.73 Å². The number of aryl methyl sites for hydroxylation is 1. The van der Waals surface area contributed by atoms with E-state index >= 15 is 0 Å². The molecule has 7 nitrogen and oxygen atoms in total. The van der Waals surface area contributed by atoms with Gasteiger partial charge in [0.25, 0.3) is 5.91 Å². The van der Waals surface area contributed by atoms with Crippen LogP contribution in [-0.4, -0.2) is 37.9 Å². The van der Waals surface area contributed by atoms with Gasteiger partial charge >= 0.3 is 0 Å². The molecule has 1 N–H and O–H groups in total. The van der Waals surface area contributed by atoms with Crippen molar-refractivity contribution in [3.8, 4) is 5.69 Å². The summed E-state index contributed by atoms with van der Waals surface area (Å²) >= 11 is 14.4. The van der Waals surface area contributed by atoms with Crippen LogP contribution in [0.4, 0.5) is 5.69 Å². The van der Waals surface area contributed by atoms with Gasteiger partial charge < -0.3 is 4.57 Å². The normalized spacial score (nSPS) is 11.7. The molecule has 174 valence electrons. The summed E-state index contributed by atoms with van der Waals surface area (Å²) in [6.45, 7) is 3.45. The number of carbonyl (C=O) groups excluding carboxylic acids is 1. The third-order valence-corrected chi connectivity index (χ3v) is 7.07. The number of benzene rings is 2. The third kappa shape index (κ3) is 6.50. The average Bonchev–Trinajstić information content (AvgIpc) is 2.98. The molecule has 1 heterocycles. The maximum atomic E-state index is 12.4. The maximum absolute atomic E-state index is 12.4. The van der Waals surface area contributed by atoms with Crippen molar-refractivity contribution in [3.63, 3.8) is 0 Å². The SMILES string of the molecule is Cc1cc(/C=N\NC(=O)CN(c2ccc(I)cc2)S(C)(=O)=O)c(C)n1-c1cc(Cl)cc(Cl)c1. The van der Waals surface area contributed by atoms with E-state index in [1.54, 1.807) is 42.5 Å². The first-order valence-electron chi connectivity index (χ1n) is 9.66. The Morgan fingerprint density at radius 1 is 1.12 bits per heavy atom. The lowest BCUT2D eigenvalue weighted by molar-refractivity contribution is -0.119. The summed E-state index contributed by atoms with van der Waals surface area (Å²) in [6.07, 6.45) is 2.57. The molecule has 0 spiro atoms. The van der Waals surface area contributed by atoms with Crippen molar-refractivity contribution in [1.29, 1.82) is 0 Å². The molecule has 11 heteroatoms. The molecule has 0 aliphatic rings. The van der Waals surface area contributed by atoms with Crippen molar-refractivity contribution in [2.75, 3.05) is 17.1 Å². The van der Waals surface area contributed by atoms with Gasteiger partial charge in [0, 0.05) is 36.3 Å². The number of sulfonamides is 1. The van der Waals surface area contributed by atoms with Crippen LogP contribution >= 0.6 is 45.8 Å². The van der Waals surface area contributed by atoms with Crippen LogP contribution in [0.3, 0.4) is 0 Å². The number of halogens is 3. The lowest BCUT2D eigenvalue weighted by Crippen LogP contribution is -2.39. The first-order valence-corrected chi connectivity index (χ1v) is 13.3. The van der Waals surface area contributed by atoms with Crippen molar-refractivity contribution in [1.82, 2.24) is 9.99 Å². The number of hydrazone groups is 1. The highest BCUT2D eigenvalue weighted by atomic mass is 127. The average molecular weight is 619 g/mol. The molecule has 2 aromatic carbocycles. The van der Waals surface area contributed by atoms with Gasteiger partial charge in [-0.25, -0.2) is 13.8 Å². The Morgan fingerprint density at radius 3 is 2.30 bits per heavy atom. The molecule has 1 aromatic heterocycles. The van der Waals surface area contributed by atoms with Crippen LogP contribution in [0.25, 0.3) is 5.69 Å². The molecule has 3 aromatic rings. The molecule has 0 aliphatic carbocycles. The predicted octanol–water partition coefficient (Wildman–Crippen LogP) is 4.92. The van der Waals surface area contributed by atoms with E-state index in [0.29, 0.717) is 15.7 Å². The minimum absolute atomic E-state index is 0.392. The third-order valence-electron chi connectivity index (χ3n) is 4.77. The fourth-order valence-electron chi connectivity index (χ4n) is 3.33. The number of aromatic nitrogens is 1. The first-order chi connectivity index (χ1) is 15.5. The molecular formula is C22H21Cl2IN4O3S. The van der Waals surface area contributed by atoms with Crippen LogP contribution in [0.5, 0.6) is 0 Å². The molecule has 0 atom stereocenters. The first kappa shape index (κ1) is 25.5. The Balaban J connectivity index is 1.75. The highest BCUT2D eigenvalue weighted by molar-refractivity contribution is 14.1. The van der Waals surface area contributed by atoms with E-state index in [2.05, 4.69) is 33.1 Å². The van der Waals surface area contributed by atoms with Crippen molar-refractivity contribution >= 4 is 73.6 Å². The second kappa shape index (κ2) is 10.5.